The van der Waals surface area contributed by atoms with E-state index >= 15 is 0 Å². The highest BCUT2D eigenvalue weighted by Gasteiger charge is 2.13. The highest BCUT2D eigenvalue weighted by molar-refractivity contribution is 5.87. The summed E-state index contributed by atoms with van der Waals surface area (Å²) in [5.74, 6) is -0.771. The molecule has 1 aromatic carbocycles. The molecule has 0 amide bonds. The van der Waals surface area contributed by atoms with Gasteiger partial charge < -0.3 is 10.4 Å². The van der Waals surface area contributed by atoms with Crippen LogP contribution in [0.1, 0.15) is 10.5 Å². The molecule has 2 N–H and O–H groups in total. The Morgan fingerprint density at radius 3 is 2.70 bits per heavy atom. The van der Waals surface area contributed by atoms with E-state index in [1.165, 1.54) is 24.3 Å². The Morgan fingerprint density at radius 1 is 1.35 bits per heavy atom. The van der Waals surface area contributed by atoms with E-state index in [4.69, 9.17) is 5.11 Å². The summed E-state index contributed by atoms with van der Waals surface area (Å²) in [5.41, 5.74) is 0.0718. The van der Waals surface area contributed by atoms with Gasteiger partial charge in [-0.15, -0.1) is 0 Å². The fourth-order valence-corrected chi connectivity index (χ4v) is 1.57. The highest BCUT2D eigenvalue weighted by Crippen LogP contribution is 2.22. The largest absolute Gasteiger partial charge is 0.477 e. The van der Waals surface area contributed by atoms with Gasteiger partial charge in [0.05, 0.1) is 4.92 Å². The van der Waals surface area contributed by atoms with E-state index in [-0.39, 0.29) is 17.2 Å². The normalized spacial score (nSPS) is 10.1. The zero-order valence-electron chi connectivity index (χ0n) is 10.4. The summed E-state index contributed by atoms with van der Waals surface area (Å²) < 4.78 is 0. The minimum atomic E-state index is -1.20. The number of carboxylic acid groups (broad SMARTS) is 1. The predicted octanol–water partition coefficient (Wildman–Crippen LogP) is 1.79. The van der Waals surface area contributed by atoms with Crippen molar-refractivity contribution in [3.05, 3.63) is 46.1 Å². The molecule has 0 fully saturated rings. The lowest BCUT2D eigenvalue weighted by atomic mass is 10.2. The van der Waals surface area contributed by atoms with Crippen LogP contribution in [0.25, 0.3) is 11.4 Å². The van der Waals surface area contributed by atoms with Gasteiger partial charge in [-0.1, -0.05) is 12.1 Å². The maximum absolute atomic E-state index is 11.0. The Morgan fingerprint density at radius 2 is 2.10 bits per heavy atom. The number of nitro groups is 1. The van der Waals surface area contributed by atoms with Crippen molar-refractivity contribution in [1.82, 2.24) is 9.97 Å². The van der Waals surface area contributed by atoms with Gasteiger partial charge in [-0.25, -0.2) is 14.8 Å². The van der Waals surface area contributed by atoms with Crippen LogP contribution in [-0.4, -0.2) is 33.0 Å². The second kappa shape index (κ2) is 5.31. The van der Waals surface area contributed by atoms with Crippen LogP contribution in [0.4, 0.5) is 11.5 Å². The minimum absolute atomic E-state index is 0.109. The average Bonchev–Trinajstić information content (AvgIpc) is 2.46. The minimum Gasteiger partial charge on any atom is -0.477 e. The van der Waals surface area contributed by atoms with Gasteiger partial charge in [-0.2, -0.15) is 0 Å². The number of hydrogen-bond donors (Lipinski definition) is 2. The predicted molar refractivity (Wildman–Crippen MR) is 70.6 cm³/mol. The third-order valence-electron chi connectivity index (χ3n) is 2.52. The number of carboxylic acids is 1. The van der Waals surface area contributed by atoms with Crippen LogP contribution in [-0.2, 0) is 0 Å². The monoisotopic (exact) mass is 274 g/mol. The average molecular weight is 274 g/mol. The van der Waals surface area contributed by atoms with Crippen LogP contribution in [0.2, 0.25) is 0 Å². The van der Waals surface area contributed by atoms with Gasteiger partial charge in [0.15, 0.2) is 11.5 Å². The van der Waals surface area contributed by atoms with Crippen molar-refractivity contribution in [3.8, 4) is 11.4 Å². The van der Waals surface area contributed by atoms with Crippen LogP contribution in [0, 0.1) is 10.1 Å². The first-order valence-electron chi connectivity index (χ1n) is 5.56. The summed E-state index contributed by atoms with van der Waals surface area (Å²) in [6.07, 6.45) is 0. The number of aromatic nitrogens is 2. The zero-order chi connectivity index (χ0) is 14.7. The molecule has 1 heterocycles. The molecule has 102 valence electrons. The molecule has 2 aromatic rings. The van der Waals surface area contributed by atoms with Gasteiger partial charge in [0.2, 0.25) is 0 Å². The molecule has 20 heavy (non-hydrogen) atoms. The number of hydrogen-bond acceptors (Lipinski definition) is 6. The molecule has 0 radical (unpaired) electrons. The Hall–Kier alpha value is -3.03. The van der Waals surface area contributed by atoms with Crippen molar-refractivity contribution in [3.63, 3.8) is 0 Å². The van der Waals surface area contributed by atoms with Gasteiger partial charge in [0, 0.05) is 30.8 Å². The maximum Gasteiger partial charge on any atom is 0.354 e. The zero-order valence-corrected chi connectivity index (χ0v) is 10.4. The molecule has 8 heteroatoms. The Labute approximate surface area is 113 Å². The number of nitrogens with one attached hydrogen (secondary N) is 1. The summed E-state index contributed by atoms with van der Waals surface area (Å²) in [4.78, 5) is 29.2. The lowest BCUT2D eigenvalue weighted by Crippen LogP contribution is -2.06. The van der Waals surface area contributed by atoms with E-state index < -0.39 is 10.9 Å². The molecule has 8 nitrogen and oxygen atoms in total. The Balaban J connectivity index is 2.56. The van der Waals surface area contributed by atoms with Crippen molar-refractivity contribution in [2.75, 3.05) is 12.4 Å². The lowest BCUT2D eigenvalue weighted by molar-refractivity contribution is -0.384. The number of benzene rings is 1. The fourth-order valence-electron chi connectivity index (χ4n) is 1.57. The number of non-ortho nitro benzene ring substituents is 1. The van der Waals surface area contributed by atoms with Crippen molar-refractivity contribution < 1.29 is 14.8 Å². The van der Waals surface area contributed by atoms with Crippen LogP contribution in [0.3, 0.4) is 0 Å². The summed E-state index contributed by atoms with van der Waals surface area (Å²) >= 11 is 0. The molecule has 0 unspecified atom stereocenters. The first-order valence-corrected chi connectivity index (χ1v) is 5.56. The second-order valence-electron chi connectivity index (χ2n) is 3.82. The van der Waals surface area contributed by atoms with E-state index in [2.05, 4.69) is 15.3 Å². The molecule has 1 aromatic heterocycles. The van der Waals surface area contributed by atoms with Crippen molar-refractivity contribution in [2.45, 2.75) is 0 Å². The van der Waals surface area contributed by atoms with Crippen molar-refractivity contribution in [2.24, 2.45) is 0 Å². The number of rotatable bonds is 4. The third-order valence-corrected chi connectivity index (χ3v) is 2.52. The van der Waals surface area contributed by atoms with E-state index in [0.29, 0.717) is 11.4 Å². The molecule has 0 saturated heterocycles. The molecule has 0 bridgehead atoms. The quantitative estimate of drug-likeness (QED) is 0.644. The highest BCUT2D eigenvalue weighted by atomic mass is 16.6. The lowest BCUT2D eigenvalue weighted by Gasteiger charge is -2.05. The molecule has 0 aliphatic heterocycles. The molecular weight excluding hydrogens is 264 g/mol. The third kappa shape index (κ3) is 2.69. The number of anilines is 1. The topological polar surface area (TPSA) is 118 Å². The SMILES string of the molecule is CNc1cc(C(=O)O)nc(-c2cccc([N+](=O)[O-])c2)n1. The van der Waals surface area contributed by atoms with Gasteiger partial charge in [0.1, 0.15) is 5.82 Å². The van der Waals surface area contributed by atoms with E-state index in [1.54, 1.807) is 13.1 Å². The Kier molecular flexibility index (Phi) is 3.56. The van der Waals surface area contributed by atoms with Crippen LogP contribution in [0.5, 0.6) is 0 Å². The van der Waals surface area contributed by atoms with Crippen LogP contribution >= 0.6 is 0 Å². The fraction of sp³-hybridized carbons (Fsp3) is 0.0833. The number of aromatic carboxylic acids is 1. The van der Waals surface area contributed by atoms with E-state index in [1.807, 2.05) is 0 Å². The molecule has 2 rings (SSSR count). The molecule has 0 saturated carbocycles. The number of carbonyl (C=O) groups is 1. The second-order valence-corrected chi connectivity index (χ2v) is 3.82. The van der Waals surface area contributed by atoms with E-state index in [9.17, 15) is 14.9 Å². The number of nitro benzene ring substituents is 1. The Bertz CT molecular complexity index is 687. The van der Waals surface area contributed by atoms with Gasteiger partial charge in [-0.3, -0.25) is 10.1 Å². The molecule has 0 aliphatic carbocycles. The first kappa shape index (κ1) is 13.4. The maximum atomic E-state index is 11.0. The van der Waals surface area contributed by atoms with Gasteiger partial charge >= 0.3 is 5.97 Å². The summed E-state index contributed by atoms with van der Waals surface area (Å²) in [5, 5.41) is 22.5. The molecule has 0 aliphatic rings. The summed E-state index contributed by atoms with van der Waals surface area (Å²) in [7, 11) is 1.59. The van der Waals surface area contributed by atoms with Crippen LogP contribution < -0.4 is 5.32 Å². The van der Waals surface area contributed by atoms with Crippen molar-refractivity contribution >= 4 is 17.5 Å². The van der Waals surface area contributed by atoms with Gasteiger partial charge in [-0.05, 0) is 0 Å². The molecule has 0 spiro atoms. The first-order chi connectivity index (χ1) is 9.51. The smallest absolute Gasteiger partial charge is 0.354 e. The summed E-state index contributed by atoms with van der Waals surface area (Å²) in [6.45, 7) is 0. The molecule has 0 atom stereocenters. The van der Waals surface area contributed by atoms with E-state index in [0.717, 1.165) is 0 Å². The van der Waals surface area contributed by atoms with Crippen LogP contribution in [0.15, 0.2) is 30.3 Å². The standard InChI is InChI=1S/C12H10N4O4/c1-13-10-6-9(12(17)18)14-11(15-10)7-3-2-4-8(5-7)16(19)20/h2-6H,1H3,(H,17,18)(H,13,14,15). The number of nitrogens with zero attached hydrogens (tertiary/aromatic N) is 3. The van der Waals surface area contributed by atoms with Crippen molar-refractivity contribution in [1.29, 1.82) is 0 Å². The summed E-state index contributed by atoms with van der Waals surface area (Å²) in [6, 6.07) is 6.98. The molecular formula is C12H10N4O4. The van der Waals surface area contributed by atoms with Gasteiger partial charge in [0.25, 0.3) is 5.69 Å².